The summed E-state index contributed by atoms with van der Waals surface area (Å²) in [5.41, 5.74) is 3.30. The molecule has 2 heterocycles. The standard InChI is InChI=1S/C10H11N5OS2/c1-7(8-3-2-4-17-8)13-14-9(16)5-18-10-11-6-12-15-10/h2-4,6H,5H2,1H3,(H,14,16)(H,11,12,15). The molecule has 94 valence electrons. The minimum absolute atomic E-state index is 0.174. The molecule has 8 heteroatoms. The summed E-state index contributed by atoms with van der Waals surface area (Å²) in [6.07, 6.45) is 1.40. The lowest BCUT2D eigenvalue weighted by atomic mass is 10.3. The van der Waals surface area contributed by atoms with Crippen LogP contribution in [0.5, 0.6) is 0 Å². The van der Waals surface area contributed by atoms with E-state index in [4.69, 9.17) is 0 Å². The van der Waals surface area contributed by atoms with Gasteiger partial charge in [0.25, 0.3) is 5.91 Å². The number of carbonyl (C=O) groups is 1. The van der Waals surface area contributed by atoms with Gasteiger partial charge in [0.1, 0.15) is 6.33 Å². The number of aromatic nitrogens is 3. The van der Waals surface area contributed by atoms with Crippen LogP contribution in [0.3, 0.4) is 0 Å². The zero-order chi connectivity index (χ0) is 12.8. The molecule has 2 aromatic heterocycles. The first-order chi connectivity index (χ1) is 8.75. The van der Waals surface area contributed by atoms with Crippen molar-refractivity contribution in [3.05, 3.63) is 28.7 Å². The van der Waals surface area contributed by atoms with Crippen molar-refractivity contribution in [2.24, 2.45) is 5.10 Å². The summed E-state index contributed by atoms with van der Waals surface area (Å²) in [4.78, 5) is 16.5. The van der Waals surface area contributed by atoms with Gasteiger partial charge < -0.3 is 0 Å². The summed E-state index contributed by atoms with van der Waals surface area (Å²) in [5.74, 6) is 0.0727. The lowest BCUT2D eigenvalue weighted by Gasteiger charge is -1.99. The van der Waals surface area contributed by atoms with E-state index in [1.54, 1.807) is 11.3 Å². The quantitative estimate of drug-likeness (QED) is 0.494. The first kappa shape index (κ1) is 12.8. The van der Waals surface area contributed by atoms with Gasteiger partial charge >= 0.3 is 0 Å². The largest absolute Gasteiger partial charge is 0.272 e. The van der Waals surface area contributed by atoms with Crippen LogP contribution in [0.1, 0.15) is 11.8 Å². The summed E-state index contributed by atoms with van der Waals surface area (Å²) >= 11 is 2.86. The predicted molar refractivity (Wildman–Crippen MR) is 71.8 cm³/mol. The number of H-pyrrole nitrogens is 1. The molecule has 0 aromatic carbocycles. The summed E-state index contributed by atoms with van der Waals surface area (Å²) in [5, 5.41) is 13.0. The maximum atomic E-state index is 11.5. The fraction of sp³-hybridized carbons (Fsp3) is 0.200. The van der Waals surface area contributed by atoms with E-state index in [1.807, 2.05) is 24.4 Å². The fourth-order valence-corrected chi connectivity index (χ4v) is 2.36. The Morgan fingerprint density at radius 3 is 3.22 bits per heavy atom. The number of nitrogens with one attached hydrogen (secondary N) is 2. The molecule has 0 spiro atoms. The van der Waals surface area contributed by atoms with Gasteiger partial charge in [0.2, 0.25) is 0 Å². The van der Waals surface area contributed by atoms with Crippen LogP contribution < -0.4 is 5.43 Å². The number of hydrogen-bond donors (Lipinski definition) is 2. The van der Waals surface area contributed by atoms with Gasteiger partial charge in [0, 0.05) is 4.88 Å². The molecule has 2 N–H and O–H groups in total. The first-order valence-corrected chi connectivity index (χ1v) is 6.97. The van der Waals surface area contributed by atoms with E-state index in [2.05, 4.69) is 25.7 Å². The van der Waals surface area contributed by atoms with E-state index in [-0.39, 0.29) is 11.7 Å². The predicted octanol–water partition coefficient (Wildman–Crippen LogP) is 1.50. The Bertz CT molecular complexity index is 520. The Labute approximate surface area is 112 Å². The summed E-state index contributed by atoms with van der Waals surface area (Å²) in [6, 6.07) is 3.90. The minimum Gasteiger partial charge on any atom is -0.272 e. The third-order valence-electron chi connectivity index (χ3n) is 1.96. The molecule has 0 aliphatic carbocycles. The Morgan fingerprint density at radius 1 is 1.67 bits per heavy atom. The number of thiophene rings is 1. The van der Waals surface area contributed by atoms with Crippen molar-refractivity contribution >= 4 is 34.7 Å². The summed E-state index contributed by atoms with van der Waals surface area (Å²) < 4.78 is 0. The molecule has 0 radical (unpaired) electrons. The Kier molecular flexibility index (Phi) is 4.48. The Balaban J connectivity index is 1.79. The molecule has 2 rings (SSSR count). The molecule has 0 atom stereocenters. The van der Waals surface area contributed by atoms with Crippen LogP contribution >= 0.6 is 23.1 Å². The summed E-state index contributed by atoms with van der Waals surface area (Å²) in [7, 11) is 0. The molecule has 0 saturated carbocycles. The second-order valence-electron chi connectivity index (χ2n) is 3.29. The monoisotopic (exact) mass is 281 g/mol. The average Bonchev–Trinajstić information content (AvgIpc) is 3.05. The van der Waals surface area contributed by atoms with Crippen LogP contribution in [-0.2, 0) is 4.79 Å². The molecule has 18 heavy (non-hydrogen) atoms. The van der Waals surface area contributed by atoms with Gasteiger partial charge in [-0.25, -0.2) is 10.4 Å². The van der Waals surface area contributed by atoms with Gasteiger partial charge in [-0.1, -0.05) is 17.8 Å². The van der Waals surface area contributed by atoms with Crippen molar-refractivity contribution in [1.82, 2.24) is 20.6 Å². The summed E-state index contributed by atoms with van der Waals surface area (Å²) in [6.45, 7) is 1.86. The van der Waals surface area contributed by atoms with Crippen LogP contribution in [0.15, 0.2) is 34.1 Å². The average molecular weight is 281 g/mol. The van der Waals surface area contributed by atoms with Crippen LogP contribution in [-0.4, -0.2) is 32.6 Å². The van der Waals surface area contributed by atoms with Crippen molar-refractivity contribution in [2.75, 3.05) is 5.75 Å². The number of thioether (sulfide) groups is 1. The third-order valence-corrected chi connectivity index (χ3v) is 3.81. The van der Waals surface area contributed by atoms with Crippen molar-refractivity contribution in [3.63, 3.8) is 0 Å². The Hall–Kier alpha value is -1.67. The highest BCUT2D eigenvalue weighted by Gasteiger charge is 2.04. The Morgan fingerprint density at radius 2 is 2.56 bits per heavy atom. The second kappa shape index (κ2) is 6.31. The van der Waals surface area contributed by atoms with E-state index >= 15 is 0 Å². The third kappa shape index (κ3) is 3.67. The molecule has 0 aliphatic heterocycles. The highest BCUT2D eigenvalue weighted by Crippen LogP contribution is 2.10. The smallest absolute Gasteiger partial charge is 0.250 e. The van der Waals surface area contributed by atoms with Gasteiger partial charge in [-0.3, -0.25) is 9.89 Å². The van der Waals surface area contributed by atoms with E-state index < -0.39 is 0 Å². The van der Waals surface area contributed by atoms with Crippen LogP contribution in [0.4, 0.5) is 0 Å². The number of hydrazone groups is 1. The van der Waals surface area contributed by atoms with Crippen LogP contribution in [0.25, 0.3) is 0 Å². The molecule has 2 aromatic rings. The normalized spacial score (nSPS) is 11.5. The molecule has 0 aliphatic rings. The molecule has 0 fully saturated rings. The molecule has 0 saturated heterocycles. The van der Waals surface area contributed by atoms with Gasteiger partial charge in [0.05, 0.1) is 11.5 Å². The van der Waals surface area contributed by atoms with E-state index in [0.717, 1.165) is 10.6 Å². The van der Waals surface area contributed by atoms with Gasteiger partial charge in [-0.05, 0) is 18.4 Å². The van der Waals surface area contributed by atoms with Crippen LogP contribution in [0.2, 0.25) is 0 Å². The molecule has 6 nitrogen and oxygen atoms in total. The molecular formula is C10H11N5OS2. The maximum Gasteiger partial charge on any atom is 0.250 e. The number of nitrogens with zero attached hydrogens (tertiary/aromatic N) is 3. The highest BCUT2D eigenvalue weighted by molar-refractivity contribution is 7.99. The van der Waals surface area contributed by atoms with Crippen molar-refractivity contribution in [2.45, 2.75) is 12.1 Å². The topological polar surface area (TPSA) is 83.0 Å². The van der Waals surface area contributed by atoms with E-state index in [9.17, 15) is 4.79 Å². The van der Waals surface area contributed by atoms with Crippen molar-refractivity contribution in [1.29, 1.82) is 0 Å². The number of hydrogen-bond acceptors (Lipinski definition) is 6. The molecular weight excluding hydrogens is 270 g/mol. The van der Waals surface area contributed by atoms with E-state index in [1.165, 1.54) is 18.1 Å². The van der Waals surface area contributed by atoms with Crippen molar-refractivity contribution in [3.8, 4) is 0 Å². The van der Waals surface area contributed by atoms with Gasteiger partial charge in [0.15, 0.2) is 5.16 Å². The lowest BCUT2D eigenvalue weighted by molar-refractivity contribution is -0.118. The van der Waals surface area contributed by atoms with Gasteiger partial charge in [-0.2, -0.15) is 10.2 Å². The zero-order valence-corrected chi connectivity index (χ0v) is 11.2. The maximum absolute atomic E-state index is 11.5. The molecule has 0 unspecified atom stereocenters. The number of aromatic amines is 1. The number of carbonyl (C=O) groups excluding carboxylic acids is 1. The van der Waals surface area contributed by atoms with Crippen LogP contribution in [0, 0.1) is 0 Å². The highest BCUT2D eigenvalue weighted by atomic mass is 32.2. The number of amides is 1. The molecule has 1 amide bonds. The van der Waals surface area contributed by atoms with Crippen molar-refractivity contribution < 1.29 is 4.79 Å². The van der Waals surface area contributed by atoms with Gasteiger partial charge in [-0.15, -0.1) is 11.3 Å². The first-order valence-electron chi connectivity index (χ1n) is 5.11. The zero-order valence-electron chi connectivity index (χ0n) is 9.58. The lowest BCUT2D eigenvalue weighted by Crippen LogP contribution is -2.21. The molecule has 0 bridgehead atoms. The second-order valence-corrected chi connectivity index (χ2v) is 5.20. The van der Waals surface area contributed by atoms with E-state index in [0.29, 0.717) is 5.16 Å². The minimum atomic E-state index is -0.174. The number of rotatable bonds is 5. The SMILES string of the molecule is CC(=NNC(=O)CSc1ncn[nH]1)c1cccs1. The fourth-order valence-electron chi connectivity index (χ4n) is 1.12.